The van der Waals surface area contributed by atoms with E-state index in [0.717, 1.165) is 7.11 Å². The number of hydrogen-bond acceptors (Lipinski definition) is 9. The summed E-state index contributed by atoms with van der Waals surface area (Å²) < 4.78 is 9.62. The standard InChI is InChI=1S/C19H24O9/c1-3-12(10-20)13(17(18(24)25)19(26)27-2)9-16(23)28-7-6-11-4-5-14(21)15(22)8-11/h3-5,8,10,13,17-18,21-22,24-25H,6-7,9H2,1-2H3/b12-3-/t13-,17-/m1/s1. The molecule has 1 aromatic rings. The van der Waals surface area contributed by atoms with Crippen LogP contribution >= 0.6 is 0 Å². The van der Waals surface area contributed by atoms with Crippen molar-refractivity contribution in [3.05, 3.63) is 35.4 Å². The van der Waals surface area contributed by atoms with Crippen molar-refractivity contribution in [2.24, 2.45) is 11.8 Å². The molecule has 154 valence electrons. The Kier molecular flexibility index (Phi) is 9.13. The number of methoxy groups -OCH3 is 1. The summed E-state index contributed by atoms with van der Waals surface area (Å²) in [4.78, 5) is 35.3. The lowest BCUT2D eigenvalue weighted by atomic mass is 9.83. The lowest BCUT2D eigenvalue weighted by molar-refractivity contribution is -0.167. The molecule has 0 aliphatic heterocycles. The summed E-state index contributed by atoms with van der Waals surface area (Å²) in [6, 6.07) is 4.17. The van der Waals surface area contributed by atoms with Crippen molar-refractivity contribution >= 4 is 18.2 Å². The van der Waals surface area contributed by atoms with Crippen molar-refractivity contribution in [1.82, 2.24) is 0 Å². The zero-order chi connectivity index (χ0) is 21.3. The van der Waals surface area contributed by atoms with Crippen molar-refractivity contribution in [3.63, 3.8) is 0 Å². The fourth-order valence-corrected chi connectivity index (χ4v) is 2.70. The highest BCUT2D eigenvalue weighted by molar-refractivity contribution is 5.82. The number of rotatable bonds is 10. The number of aliphatic hydroxyl groups is 2. The molecule has 0 bridgehead atoms. The number of esters is 2. The van der Waals surface area contributed by atoms with Crippen molar-refractivity contribution in [3.8, 4) is 11.5 Å². The van der Waals surface area contributed by atoms with Gasteiger partial charge in [0.05, 0.1) is 20.1 Å². The highest BCUT2D eigenvalue weighted by Crippen LogP contribution is 2.28. The number of aromatic hydroxyl groups is 2. The van der Waals surface area contributed by atoms with E-state index in [1.54, 1.807) is 6.07 Å². The Bertz CT molecular complexity index is 724. The third-order valence-corrected chi connectivity index (χ3v) is 4.21. The smallest absolute Gasteiger partial charge is 0.314 e. The molecule has 0 spiro atoms. The Morgan fingerprint density at radius 2 is 1.86 bits per heavy atom. The molecular weight excluding hydrogens is 372 g/mol. The monoisotopic (exact) mass is 396 g/mol. The molecule has 28 heavy (non-hydrogen) atoms. The molecule has 0 saturated carbocycles. The first-order chi connectivity index (χ1) is 13.2. The Morgan fingerprint density at radius 1 is 1.18 bits per heavy atom. The van der Waals surface area contributed by atoms with Gasteiger partial charge in [-0.1, -0.05) is 12.1 Å². The van der Waals surface area contributed by atoms with E-state index in [1.807, 2.05) is 0 Å². The number of aldehydes is 1. The molecule has 0 saturated heterocycles. The molecule has 2 atom stereocenters. The molecule has 4 N–H and O–H groups in total. The average Bonchev–Trinajstić information content (AvgIpc) is 2.65. The van der Waals surface area contributed by atoms with Crippen LogP contribution in [0.5, 0.6) is 11.5 Å². The van der Waals surface area contributed by atoms with E-state index in [4.69, 9.17) is 4.74 Å². The molecule has 0 aliphatic carbocycles. The van der Waals surface area contributed by atoms with Crippen molar-refractivity contribution in [2.45, 2.75) is 26.1 Å². The zero-order valence-corrected chi connectivity index (χ0v) is 15.6. The second-order valence-corrected chi connectivity index (χ2v) is 5.97. The summed E-state index contributed by atoms with van der Waals surface area (Å²) in [7, 11) is 1.05. The molecule has 0 aromatic heterocycles. The largest absolute Gasteiger partial charge is 0.504 e. The van der Waals surface area contributed by atoms with Crippen LogP contribution in [0.1, 0.15) is 18.9 Å². The van der Waals surface area contributed by atoms with E-state index in [9.17, 15) is 34.8 Å². The first kappa shape index (κ1) is 23.1. The number of phenolic OH excluding ortho intramolecular Hbond substituents is 2. The Morgan fingerprint density at radius 3 is 2.36 bits per heavy atom. The van der Waals surface area contributed by atoms with Gasteiger partial charge in [0.2, 0.25) is 0 Å². The van der Waals surface area contributed by atoms with Crippen LogP contribution in [0.3, 0.4) is 0 Å². The molecule has 1 aromatic carbocycles. The lowest BCUT2D eigenvalue weighted by Crippen LogP contribution is -2.38. The second-order valence-electron chi connectivity index (χ2n) is 5.97. The lowest BCUT2D eigenvalue weighted by Gasteiger charge is -2.26. The van der Waals surface area contributed by atoms with Gasteiger partial charge in [-0.05, 0) is 30.2 Å². The zero-order valence-electron chi connectivity index (χ0n) is 15.6. The van der Waals surface area contributed by atoms with Gasteiger partial charge >= 0.3 is 11.9 Å². The van der Waals surface area contributed by atoms with Crippen LogP contribution in [-0.2, 0) is 30.3 Å². The minimum atomic E-state index is -2.14. The van der Waals surface area contributed by atoms with Gasteiger partial charge in [-0.15, -0.1) is 0 Å². The van der Waals surface area contributed by atoms with Crippen LogP contribution in [0.25, 0.3) is 0 Å². The number of carbonyl (C=O) groups is 3. The van der Waals surface area contributed by atoms with E-state index in [-0.39, 0.29) is 30.1 Å². The summed E-state index contributed by atoms with van der Waals surface area (Å²) in [5, 5.41) is 37.8. The van der Waals surface area contributed by atoms with Crippen LogP contribution in [0.15, 0.2) is 29.8 Å². The predicted molar refractivity (Wildman–Crippen MR) is 96.1 cm³/mol. The third-order valence-electron chi connectivity index (χ3n) is 4.21. The maximum absolute atomic E-state index is 12.2. The van der Waals surface area contributed by atoms with E-state index < -0.39 is 36.5 Å². The quantitative estimate of drug-likeness (QED) is 0.145. The number of aliphatic hydroxyl groups excluding tert-OH is 1. The molecule has 0 fully saturated rings. The summed E-state index contributed by atoms with van der Waals surface area (Å²) in [5.41, 5.74) is 0.642. The maximum atomic E-state index is 12.2. The summed E-state index contributed by atoms with van der Waals surface area (Å²) in [6.45, 7) is 1.45. The first-order valence-corrected chi connectivity index (χ1v) is 8.46. The van der Waals surface area contributed by atoms with Crippen LogP contribution in [0.2, 0.25) is 0 Å². The molecule has 0 radical (unpaired) electrons. The molecule has 0 amide bonds. The van der Waals surface area contributed by atoms with Crippen molar-refractivity contribution in [1.29, 1.82) is 0 Å². The summed E-state index contributed by atoms with van der Waals surface area (Å²) in [5.74, 6) is -4.99. The molecule has 0 aliphatic rings. The molecular formula is C19H24O9. The van der Waals surface area contributed by atoms with Gasteiger partial charge in [0.25, 0.3) is 0 Å². The molecule has 0 heterocycles. The highest BCUT2D eigenvalue weighted by Gasteiger charge is 2.38. The minimum absolute atomic E-state index is 0.0314. The topological polar surface area (TPSA) is 151 Å². The van der Waals surface area contributed by atoms with Crippen LogP contribution in [0, 0.1) is 11.8 Å². The third kappa shape index (κ3) is 6.36. The van der Waals surface area contributed by atoms with Gasteiger partial charge in [0, 0.05) is 12.3 Å². The first-order valence-electron chi connectivity index (χ1n) is 8.46. The maximum Gasteiger partial charge on any atom is 0.314 e. The fraction of sp³-hybridized carbons (Fsp3) is 0.421. The SMILES string of the molecule is C/C=C(/C=O)[C@@H](CC(=O)OCCc1ccc(O)c(O)c1)[C@@H](C(=O)OC)C(O)O. The summed E-state index contributed by atoms with van der Waals surface area (Å²) >= 11 is 0. The van der Waals surface area contributed by atoms with E-state index in [0.29, 0.717) is 11.8 Å². The number of hydrogen-bond donors (Lipinski definition) is 4. The Labute approximate surface area is 161 Å². The van der Waals surface area contributed by atoms with Crippen molar-refractivity contribution < 1.29 is 44.3 Å². The molecule has 9 heteroatoms. The van der Waals surface area contributed by atoms with Gasteiger partial charge in [-0.3, -0.25) is 14.4 Å². The normalized spacial score (nSPS) is 13.7. The van der Waals surface area contributed by atoms with Crippen molar-refractivity contribution in [2.75, 3.05) is 13.7 Å². The number of phenols is 2. The molecule has 9 nitrogen and oxygen atoms in total. The Balaban J connectivity index is 2.81. The molecule has 1 rings (SSSR count). The van der Waals surface area contributed by atoms with Gasteiger partial charge in [0.15, 0.2) is 17.8 Å². The number of ether oxygens (including phenoxy) is 2. The van der Waals surface area contributed by atoms with E-state index in [1.165, 1.54) is 25.1 Å². The number of allylic oxidation sites excluding steroid dienone is 2. The van der Waals surface area contributed by atoms with Gasteiger partial charge < -0.3 is 29.9 Å². The second kappa shape index (κ2) is 11.1. The fourth-order valence-electron chi connectivity index (χ4n) is 2.70. The number of benzene rings is 1. The van der Waals surface area contributed by atoms with Gasteiger partial charge in [-0.2, -0.15) is 0 Å². The summed E-state index contributed by atoms with van der Waals surface area (Å²) in [6.07, 6.45) is -0.549. The Hall–Kier alpha value is -2.91. The van der Waals surface area contributed by atoms with Crippen LogP contribution in [0.4, 0.5) is 0 Å². The van der Waals surface area contributed by atoms with E-state index in [2.05, 4.69) is 4.74 Å². The van der Waals surface area contributed by atoms with Crippen LogP contribution < -0.4 is 0 Å². The highest BCUT2D eigenvalue weighted by atomic mass is 16.5. The van der Waals surface area contributed by atoms with Crippen LogP contribution in [-0.4, -0.2) is 58.7 Å². The minimum Gasteiger partial charge on any atom is -0.504 e. The van der Waals surface area contributed by atoms with E-state index >= 15 is 0 Å². The predicted octanol–water partition coefficient (Wildman–Crippen LogP) is 0.435. The molecule has 0 unspecified atom stereocenters. The average molecular weight is 396 g/mol. The van der Waals surface area contributed by atoms with Gasteiger partial charge in [0.1, 0.15) is 12.2 Å². The number of carbonyl (C=O) groups excluding carboxylic acids is 3. The van der Waals surface area contributed by atoms with Gasteiger partial charge in [-0.25, -0.2) is 0 Å².